The molecule has 1 fully saturated rings. The van der Waals surface area contributed by atoms with Gasteiger partial charge in [-0.1, -0.05) is 12.1 Å². The minimum absolute atomic E-state index is 0.130. The van der Waals surface area contributed by atoms with Crippen LogP contribution in [0.4, 0.5) is 5.69 Å². The highest BCUT2D eigenvalue weighted by atomic mass is 32.2. The van der Waals surface area contributed by atoms with Crippen LogP contribution in [0.2, 0.25) is 0 Å². The molecule has 11 heteroatoms. The molecule has 0 aliphatic carbocycles. The van der Waals surface area contributed by atoms with E-state index >= 15 is 0 Å². The van der Waals surface area contributed by atoms with Crippen LogP contribution in [0.3, 0.4) is 0 Å². The second-order valence-electron chi connectivity index (χ2n) is 8.42. The Morgan fingerprint density at radius 2 is 1.77 bits per heavy atom. The number of aryl methyl sites for hydroxylation is 1. The average molecular weight is 499 g/mol. The van der Waals surface area contributed by atoms with Crippen molar-refractivity contribution in [2.24, 2.45) is 5.92 Å². The van der Waals surface area contributed by atoms with Crippen molar-refractivity contribution in [3.05, 3.63) is 48.4 Å². The summed E-state index contributed by atoms with van der Waals surface area (Å²) in [5.41, 5.74) is 1.31. The lowest BCUT2D eigenvalue weighted by Crippen LogP contribution is -2.41. The van der Waals surface area contributed by atoms with Crippen molar-refractivity contribution >= 4 is 21.6 Å². The molecular weight excluding hydrogens is 472 g/mol. The molecule has 0 saturated carbocycles. The van der Waals surface area contributed by atoms with E-state index in [1.165, 1.54) is 4.31 Å². The number of sulfonamides is 1. The lowest BCUT2D eigenvalue weighted by atomic mass is 9.97. The molecule has 35 heavy (non-hydrogen) atoms. The van der Waals surface area contributed by atoms with Gasteiger partial charge < -0.3 is 19.3 Å². The van der Waals surface area contributed by atoms with Gasteiger partial charge in [0, 0.05) is 42.7 Å². The summed E-state index contributed by atoms with van der Waals surface area (Å²) in [7, 11) is -3.67. The third kappa shape index (κ3) is 4.87. The summed E-state index contributed by atoms with van der Waals surface area (Å²) in [6, 6.07) is 11.7. The lowest BCUT2D eigenvalue weighted by molar-refractivity contribution is -0.120. The summed E-state index contributed by atoms with van der Waals surface area (Å²) in [4.78, 5) is 17.2. The number of piperidine rings is 1. The van der Waals surface area contributed by atoms with Crippen molar-refractivity contribution in [2.75, 3.05) is 31.6 Å². The van der Waals surface area contributed by atoms with Gasteiger partial charge in [-0.3, -0.25) is 4.79 Å². The van der Waals surface area contributed by atoms with E-state index in [0.29, 0.717) is 66.9 Å². The Bertz CT molecular complexity index is 1310. The second kappa shape index (κ2) is 9.67. The van der Waals surface area contributed by atoms with E-state index in [0.717, 1.165) is 0 Å². The molecule has 10 nitrogen and oxygen atoms in total. The fourth-order valence-corrected chi connectivity index (χ4v) is 5.63. The maximum atomic E-state index is 13.1. The van der Waals surface area contributed by atoms with E-state index in [-0.39, 0.29) is 29.8 Å². The summed E-state index contributed by atoms with van der Waals surface area (Å²) in [6.45, 7) is 3.43. The molecule has 0 bridgehead atoms. The lowest BCUT2D eigenvalue weighted by Gasteiger charge is -2.30. The largest absolute Gasteiger partial charge is 0.486 e. The fraction of sp³-hybridized carbons (Fsp3) is 0.375. The van der Waals surface area contributed by atoms with Gasteiger partial charge in [0.1, 0.15) is 13.2 Å². The molecule has 184 valence electrons. The van der Waals surface area contributed by atoms with Gasteiger partial charge in [0.2, 0.25) is 27.6 Å². The molecule has 1 aromatic heterocycles. The number of nitrogens with one attached hydrogen (secondary N) is 1. The van der Waals surface area contributed by atoms with E-state index < -0.39 is 10.0 Å². The van der Waals surface area contributed by atoms with Crippen LogP contribution in [0.15, 0.2) is 51.9 Å². The van der Waals surface area contributed by atoms with Crippen molar-refractivity contribution in [1.82, 2.24) is 14.4 Å². The van der Waals surface area contributed by atoms with Gasteiger partial charge in [0.25, 0.3) is 0 Å². The molecule has 2 aliphatic heterocycles. The van der Waals surface area contributed by atoms with Crippen molar-refractivity contribution in [3.63, 3.8) is 0 Å². The molecule has 0 atom stereocenters. The minimum Gasteiger partial charge on any atom is -0.486 e. The Hall–Kier alpha value is -3.44. The van der Waals surface area contributed by atoms with Crippen LogP contribution < -0.4 is 14.8 Å². The summed E-state index contributed by atoms with van der Waals surface area (Å²) < 4.78 is 43.9. The average Bonchev–Trinajstić information content (AvgIpc) is 3.38. The molecule has 2 aliphatic rings. The Morgan fingerprint density at radius 3 is 2.46 bits per heavy atom. The van der Waals surface area contributed by atoms with E-state index in [9.17, 15) is 13.2 Å². The van der Waals surface area contributed by atoms with Crippen molar-refractivity contribution in [2.45, 2.75) is 31.1 Å². The van der Waals surface area contributed by atoms with Crippen LogP contribution in [0, 0.1) is 5.92 Å². The first kappa shape index (κ1) is 23.3. The molecule has 0 unspecified atom stereocenters. The maximum Gasteiger partial charge on any atom is 0.243 e. The summed E-state index contributed by atoms with van der Waals surface area (Å²) in [5.74, 6) is 1.81. The third-order valence-electron chi connectivity index (χ3n) is 6.16. The molecule has 3 heterocycles. The number of amides is 1. The number of nitrogens with zero attached hydrogens (tertiary/aromatic N) is 3. The molecule has 2 aromatic carbocycles. The zero-order valence-corrected chi connectivity index (χ0v) is 20.1. The van der Waals surface area contributed by atoms with Gasteiger partial charge in [0.15, 0.2) is 11.5 Å². The van der Waals surface area contributed by atoms with Crippen LogP contribution in [0.25, 0.3) is 11.4 Å². The van der Waals surface area contributed by atoms with Gasteiger partial charge in [-0.15, -0.1) is 0 Å². The van der Waals surface area contributed by atoms with E-state index in [4.69, 9.17) is 14.0 Å². The zero-order valence-electron chi connectivity index (χ0n) is 19.3. The second-order valence-corrected chi connectivity index (χ2v) is 10.4. The van der Waals surface area contributed by atoms with Gasteiger partial charge in [0.05, 0.1) is 4.90 Å². The topological polar surface area (TPSA) is 124 Å². The molecule has 0 spiro atoms. The first-order valence-electron chi connectivity index (χ1n) is 11.6. The predicted molar refractivity (Wildman–Crippen MR) is 127 cm³/mol. The van der Waals surface area contributed by atoms with E-state index in [1.807, 2.05) is 6.92 Å². The smallest absolute Gasteiger partial charge is 0.243 e. The van der Waals surface area contributed by atoms with Crippen LogP contribution in [-0.2, 0) is 21.2 Å². The Morgan fingerprint density at radius 1 is 1.06 bits per heavy atom. The number of carbonyl (C=O) groups excluding carboxylic acids is 1. The Kier molecular flexibility index (Phi) is 6.44. The summed E-state index contributed by atoms with van der Waals surface area (Å²) >= 11 is 0. The third-order valence-corrected chi connectivity index (χ3v) is 8.07. The SMILES string of the molecule is CCc1nc(-c2ccc(S(=O)(=O)N3CCC(C(=O)Nc4ccc5c(c4)OCCO5)CC3)cc2)no1. The number of ether oxygens (including phenoxy) is 2. The van der Waals surface area contributed by atoms with Crippen molar-refractivity contribution in [3.8, 4) is 22.9 Å². The molecule has 5 rings (SSSR count). The van der Waals surface area contributed by atoms with E-state index in [1.54, 1.807) is 42.5 Å². The number of hydrogen-bond acceptors (Lipinski definition) is 8. The molecule has 1 saturated heterocycles. The molecule has 1 amide bonds. The van der Waals surface area contributed by atoms with Crippen molar-refractivity contribution < 1.29 is 27.2 Å². The number of anilines is 1. The van der Waals surface area contributed by atoms with Crippen LogP contribution in [0.1, 0.15) is 25.7 Å². The Labute approximate surface area is 203 Å². The molecule has 1 N–H and O–H groups in total. The quantitative estimate of drug-likeness (QED) is 0.550. The molecule has 0 radical (unpaired) electrons. The van der Waals surface area contributed by atoms with Gasteiger partial charge in [-0.25, -0.2) is 8.42 Å². The van der Waals surface area contributed by atoms with Gasteiger partial charge in [-0.2, -0.15) is 9.29 Å². The minimum atomic E-state index is -3.67. The number of fused-ring (bicyclic) bond motifs is 1. The van der Waals surface area contributed by atoms with Crippen molar-refractivity contribution in [1.29, 1.82) is 0 Å². The normalized spacial score (nSPS) is 16.7. The highest BCUT2D eigenvalue weighted by Crippen LogP contribution is 2.33. The van der Waals surface area contributed by atoms with Crippen LogP contribution >= 0.6 is 0 Å². The maximum absolute atomic E-state index is 13.1. The first-order chi connectivity index (χ1) is 16.9. The number of carbonyl (C=O) groups is 1. The first-order valence-corrected chi connectivity index (χ1v) is 13.0. The highest BCUT2D eigenvalue weighted by molar-refractivity contribution is 7.89. The van der Waals surface area contributed by atoms with Crippen LogP contribution in [-0.4, -0.2) is 55.1 Å². The fourth-order valence-electron chi connectivity index (χ4n) is 4.16. The monoisotopic (exact) mass is 498 g/mol. The zero-order chi connectivity index (χ0) is 24.4. The standard InChI is InChI=1S/C24H26N4O6S/c1-2-22-26-23(27-34-22)16-3-6-19(7-4-16)35(30,31)28-11-9-17(10-12-28)24(29)25-18-5-8-20-21(15-18)33-14-13-32-20/h3-8,15,17H,2,9-14H2,1H3,(H,25,29). The molecular formula is C24H26N4O6S. The predicted octanol–water partition coefficient (Wildman–Crippen LogP) is 3.11. The highest BCUT2D eigenvalue weighted by Gasteiger charge is 2.32. The van der Waals surface area contributed by atoms with Gasteiger partial charge in [-0.05, 0) is 49.2 Å². The van der Waals surface area contributed by atoms with E-state index in [2.05, 4.69) is 15.5 Å². The number of benzene rings is 2. The number of aromatic nitrogens is 2. The van der Waals surface area contributed by atoms with Gasteiger partial charge >= 0.3 is 0 Å². The van der Waals surface area contributed by atoms with Crippen LogP contribution in [0.5, 0.6) is 11.5 Å². The number of rotatable bonds is 6. The number of hydrogen-bond donors (Lipinski definition) is 1. The molecule has 3 aromatic rings. The Balaban J connectivity index is 1.19. The summed E-state index contributed by atoms with van der Waals surface area (Å²) in [6.07, 6.45) is 1.51. The summed E-state index contributed by atoms with van der Waals surface area (Å²) in [5, 5.41) is 6.83.